The third-order valence-corrected chi connectivity index (χ3v) is 3.94. The Morgan fingerprint density at radius 3 is 2.83 bits per heavy atom. The molecule has 0 aliphatic carbocycles. The molecule has 0 aromatic heterocycles. The molecule has 0 saturated carbocycles. The predicted octanol–water partition coefficient (Wildman–Crippen LogP) is 2.50. The summed E-state index contributed by atoms with van der Waals surface area (Å²) in [6.45, 7) is 4.23. The van der Waals surface area contributed by atoms with Gasteiger partial charge in [-0.15, -0.1) is 0 Å². The average Bonchev–Trinajstić information content (AvgIpc) is 2.63. The van der Waals surface area contributed by atoms with Crippen molar-refractivity contribution < 1.29 is 14.3 Å². The number of nitrogens with one attached hydrogen (secondary N) is 2. The van der Waals surface area contributed by atoms with Crippen molar-refractivity contribution in [2.45, 2.75) is 19.6 Å². The van der Waals surface area contributed by atoms with Crippen LogP contribution in [0.3, 0.4) is 0 Å². The molecule has 1 aliphatic rings. The second kappa shape index (κ2) is 7.95. The van der Waals surface area contributed by atoms with E-state index in [-0.39, 0.29) is 11.9 Å². The zero-order valence-corrected chi connectivity index (χ0v) is 13.7. The molecule has 3 rings (SSSR count). The van der Waals surface area contributed by atoms with E-state index < -0.39 is 0 Å². The highest BCUT2D eigenvalue weighted by atomic mass is 16.5. The third kappa shape index (κ3) is 4.34. The number of amides is 1. The standard InChI is InChI=1S/C19H22N2O3/c1-14-11-16(24-12-15-5-3-2-4-6-15)7-8-17(14)21-19(22)18-13-23-10-9-20-18/h2-8,11,18,20H,9-10,12-13H2,1H3,(H,21,22). The lowest BCUT2D eigenvalue weighted by Gasteiger charge is -2.23. The molecule has 1 aliphatic heterocycles. The van der Waals surface area contributed by atoms with Gasteiger partial charge >= 0.3 is 0 Å². The maximum Gasteiger partial charge on any atom is 0.243 e. The van der Waals surface area contributed by atoms with E-state index >= 15 is 0 Å². The third-order valence-electron chi connectivity index (χ3n) is 3.94. The van der Waals surface area contributed by atoms with Gasteiger partial charge in [0.05, 0.1) is 13.2 Å². The zero-order chi connectivity index (χ0) is 16.8. The average molecular weight is 326 g/mol. The van der Waals surface area contributed by atoms with Gasteiger partial charge in [-0.25, -0.2) is 0 Å². The molecule has 1 fully saturated rings. The molecule has 0 radical (unpaired) electrons. The van der Waals surface area contributed by atoms with Gasteiger partial charge in [0, 0.05) is 12.2 Å². The molecule has 1 amide bonds. The van der Waals surface area contributed by atoms with Gasteiger partial charge in [-0.05, 0) is 36.2 Å². The molecular formula is C19H22N2O3. The highest BCUT2D eigenvalue weighted by Crippen LogP contribution is 2.22. The summed E-state index contributed by atoms with van der Waals surface area (Å²) >= 11 is 0. The summed E-state index contributed by atoms with van der Waals surface area (Å²) in [6, 6.07) is 15.4. The first-order chi connectivity index (χ1) is 11.7. The van der Waals surface area contributed by atoms with Crippen molar-refractivity contribution in [1.29, 1.82) is 0 Å². The number of benzene rings is 2. The van der Waals surface area contributed by atoms with Crippen molar-refractivity contribution >= 4 is 11.6 Å². The van der Waals surface area contributed by atoms with Gasteiger partial charge in [-0.1, -0.05) is 30.3 Å². The Bertz CT molecular complexity index is 682. The van der Waals surface area contributed by atoms with Gasteiger partial charge < -0.3 is 20.1 Å². The number of carbonyl (C=O) groups excluding carboxylic acids is 1. The highest BCUT2D eigenvalue weighted by molar-refractivity contribution is 5.95. The SMILES string of the molecule is Cc1cc(OCc2ccccc2)ccc1NC(=O)C1COCCN1. The Hall–Kier alpha value is -2.37. The van der Waals surface area contributed by atoms with Crippen LogP contribution in [0.15, 0.2) is 48.5 Å². The second-order valence-electron chi connectivity index (χ2n) is 5.82. The summed E-state index contributed by atoms with van der Waals surface area (Å²) in [5.41, 5.74) is 2.88. The van der Waals surface area contributed by atoms with E-state index in [0.717, 1.165) is 22.6 Å². The van der Waals surface area contributed by atoms with Crippen molar-refractivity contribution in [1.82, 2.24) is 5.32 Å². The smallest absolute Gasteiger partial charge is 0.243 e. The maximum absolute atomic E-state index is 12.2. The minimum atomic E-state index is -0.299. The van der Waals surface area contributed by atoms with E-state index in [1.807, 2.05) is 55.5 Å². The molecule has 0 bridgehead atoms. The Balaban J connectivity index is 1.58. The Kier molecular flexibility index (Phi) is 5.46. The largest absolute Gasteiger partial charge is 0.489 e. The summed E-state index contributed by atoms with van der Waals surface area (Å²) in [5.74, 6) is 0.712. The van der Waals surface area contributed by atoms with Crippen LogP contribution in [0, 0.1) is 6.92 Å². The predicted molar refractivity (Wildman–Crippen MR) is 93.2 cm³/mol. The second-order valence-corrected chi connectivity index (χ2v) is 5.82. The van der Waals surface area contributed by atoms with Crippen molar-refractivity contribution in [2.75, 3.05) is 25.1 Å². The number of carbonyl (C=O) groups is 1. The first kappa shape index (κ1) is 16.5. The molecule has 1 unspecified atom stereocenters. The summed E-state index contributed by atoms with van der Waals surface area (Å²) in [4.78, 5) is 12.2. The maximum atomic E-state index is 12.2. The van der Waals surface area contributed by atoms with Gasteiger partial charge in [0.25, 0.3) is 0 Å². The van der Waals surface area contributed by atoms with Crippen LogP contribution in [0.4, 0.5) is 5.69 Å². The molecule has 1 atom stereocenters. The highest BCUT2D eigenvalue weighted by Gasteiger charge is 2.21. The molecule has 2 N–H and O–H groups in total. The van der Waals surface area contributed by atoms with Crippen LogP contribution in [0.2, 0.25) is 0 Å². The molecule has 126 valence electrons. The van der Waals surface area contributed by atoms with Crippen LogP contribution in [-0.2, 0) is 16.1 Å². The van der Waals surface area contributed by atoms with Gasteiger partial charge in [-0.2, -0.15) is 0 Å². The lowest BCUT2D eigenvalue weighted by Crippen LogP contribution is -2.48. The minimum absolute atomic E-state index is 0.0734. The lowest BCUT2D eigenvalue weighted by molar-refractivity contribution is -0.120. The molecule has 1 heterocycles. The number of rotatable bonds is 5. The summed E-state index contributed by atoms with van der Waals surface area (Å²) < 4.78 is 11.1. The lowest BCUT2D eigenvalue weighted by atomic mass is 10.1. The molecule has 1 saturated heterocycles. The van der Waals surface area contributed by atoms with Gasteiger partial charge in [0.1, 0.15) is 18.4 Å². The fourth-order valence-electron chi connectivity index (χ4n) is 2.56. The first-order valence-corrected chi connectivity index (χ1v) is 8.12. The number of anilines is 1. The van der Waals surface area contributed by atoms with E-state index in [9.17, 15) is 4.79 Å². The zero-order valence-electron chi connectivity index (χ0n) is 13.7. The number of morpholine rings is 1. The topological polar surface area (TPSA) is 59.6 Å². The fraction of sp³-hybridized carbons (Fsp3) is 0.316. The normalized spacial score (nSPS) is 17.3. The number of ether oxygens (including phenoxy) is 2. The molecule has 2 aromatic rings. The fourth-order valence-corrected chi connectivity index (χ4v) is 2.56. The number of aryl methyl sites for hydroxylation is 1. The van der Waals surface area contributed by atoms with Gasteiger partial charge in [-0.3, -0.25) is 4.79 Å². The van der Waals surface area contributed by atoms with Crippen molar-refractivity contribution in [3.63, 3.8) is 0 Å². The Morgan fingerprint density at radius 2 is 2.12 bits per heavy atom. The van der Waals surface area contributed by atoms with E-state index in [1.165, 1.54) is 0 Å². The molecular weight excluding hydrogens is 304 g/mol. The number of hydrogen-bond donors (Lipinski definition) is 2. The Morgan fingerprint density at radius 1 is 1.29 bits per heavy atom. The first-order valence-electron chi connectivity index (χ1n) is 8.12. The van der Waals surface area contributed by atoms with Crippen LogP contribution < -0.4 is 15.4 Å². The van der Waals surface area contributed by atoms with Crippen molar-refractivity contribution in [2.24, 2.45) is 0 Å². The molecule has 5 nitrogen and oxygen atoms in total. The van der Waals surface area contributed by atoms with Crippen LogP contribution >= 0.6 is 0 Å². The molecule has 24 heavy (non-hydrogen) atoms. The van der Waals surface area contributed by atoms with Crippen LogP contribution in [-0.4, -0.2) is 31.7 Å². The number of hydrogen-bond acceptors (Lipinski definition) is 4. The monoisotopic (exact) mass is 326 g/mol. The quantitative estimate of drug-likeness (QED) is 0.886. The van der Waals surface area contributed by atoms with E-state index in [2.05, 4.69) is 10.6 Å². The van der Waals surface area contributed by atoms with Crippen LogP contribution in [0.1, 0.15) is 11.1 Å². The van der Waals surface area contributed by atoms with Crippen molar-refractivity contribution in [3.05, 3.63) is 59.7 Å². The van der Waals surface area contributed by atoms with Crippen LogP contribution in [0.5, 0.6) is 5.75 Å². The van der Waals surface area contributed by atoms with Gasteiger partial charge in [0.2, 0.25) is 5.91 Å². The summed E-state index contributed by atoms with van der Waals surface area (Å²) in [7, 11) is 0. The van der Waals surface area contributed by atoms with Gasteiger partial charge in [0.15, 0.2) is 0 Å². The van der Waals surface area contributed by atoms with E-state index in [0.29, 0.717) is 26.4 Å². The molecule has 5 heteroatoms. The van der Waals surface area contributed by atoms with Crippen LogP contribution in [0.25, 0.3) is 0 Å². The minimum Gasteiger partial charge on any atom is -0.489 e. The molecule has 2 aromatic carbocycles. The summed E-state index contributed by atoms with van der Waals surface area (Å²) in [5, 5.41) is 6.09. The van der Waals surface area contributed by atoms with E-state index in [1.54, 1.807) is 0 Å². The van der Waals surface area contributed by atoms with E-state index in [4.69, 9.17) is 9.47 Å². The Labute approximate surface area is 142 Å². The summed E-state index contributed by atoms with van der Waals surface area (Å²) in [6.07, 6.45) is 0. The van der Waals surface area contributed by atoms with Crippen molar-refractivity contribution in [3.8, 4) is 5.75 Å². The molecule has 0 spiro atoms.